The highest BCUT2D eigenvalue weighted by molar-refractivity contribution is 5.92. The monoisotopic (exact) mass is 369 g/mol. The van der Waals surface area contributed by atoms with Crippen LogP contribution < -0.4 is 5.32 Å². The quantitative estimate of drug-likeness (QED) is 0.708. The standard InChI is InChI=1S/C19H19N3O5/c23-17(24)9-16-18(25)22(7-5-12-2-1-6-20-10-12)11-14-8-13(19(26)27)3-4-15(14)21-16/h1-4,6,8,10,16,21H,5,7,9,11H2,(H,23,24)(H,26,27). The number of pyridine rings is 1. The van der Waals surface area contributed by atoms with Crippen LogP contribution in [0.1, 0.15) is 27.9 Å². The molecule has 2 heterocycles. The Morgan fingerprint density at radius 2 is 2.07 bits per heavy atom. The van der Waals surface area contributed by atoms with E-state index in [1.165, 1.54) is 12.1 Å². The molecule has 1 aromatic carbocycles. The van der Waals surface area contributed by atoms with E-state index in [1.807, 2.05) is 12.1 Å². The van der Waals surface area contributed by atoms with Crippen molar-refractivity contribution in [2.45, 2.75) is 25.4 Å². The number of anilines is 1. The summed E-state index contributed by atoms with van der Waals surface area (Å²) in [6.07, 6.45) is 3.58. The van der Waals surface area contributed by atoms with Crippen molar-refractivity contribution in [1.82, 2.24) is 9.88 Å². The molecule has 3 N–H and O–H groups in total. The average Bonchev–Trinajstić information content (AvgIpc) is 2.77. The summed E-state index contributed by atoms with van der Waals surface area (Å²) in [6, 6.07) is 7.32. The molecule has 0 fully saturated rings. The van der Waals surface area contributed by atoms with Gasteiger partial charge in [0, 0.05) is 31.2 Å². The Hall–Kier alpha value is -3.42. The van der Waals surface area contributed by atoms with Crippen LogP contribution in [0.3, 0.4) is 0 Å². The van der Waals surface area contributed by atoms with Gasteiger partial charge in [-0.05, 0) is 41.8 Å². The first-order chi connectivity index (χ1) is 12.9. The number of carbonyl (C=O) groups excluding carboxylic acids is 1. The number of hydrogen-bond acceptors (Lipinski definition) is 5. The fraction of sp³-hybridized carbons (Fsp3) is 0.263. The minimum Gasteiger partial charge on any atom is -0.481 e. The highest BCUT2D eigenvalue weighted by Gasteiger charge is 2.31. The first-order valence-corrected chi connectivity index (χ1v) is 8.46. The number of hydrogen-bond donors (Lipinski definition) is 3. The largest absolute Gasteiger partial charge is 0.481 e. The highest BCUT2D eigenvalue weighted by atomic mass is 16.4. The van der Waals surface area contributed by atoms with Crippen LogP contribution >= 0.6 is 0 Å². The maximum Gasteiger partial charge on any atom is 0.335 e. The zero-order valence-corrected chi connectivity index (χ0v) is 14.5. The minimum atomic E-state index is -1.08. The number of rotatable bonds is 6. The number of fused-ring (bicyclic) bond motifs is 1. The predicted molar refractivity (Wildman–Crippen MR) is 96.4 cm³/mol. The molecule has 1 aliphatic heterocycles. The van der Waals surface area contributed by atoms with Gasteiger partial charge in [0.15, 0.2) is 0 Å². The average molecular weight is 369 g/mol. The fourth-order valence-electron chi connectivity index (χ4n) is 3.06. The lowest BCUT2D eigenvalue weighted by molar-refractivity contribution is -0.141. The molecule has 1 atom stereocenters. The molecule has 8 heteroatoms. The van der Waals surface area contributed by atoms with Crippen molar-refractivity contribution in [3.8, 4) is 0 Å². The molecular weight excluding hydrogens is 350 g/mol. The number of amides is 1. The summed E-state index contributed by atoms with van der Waals surface area (Å²) in [4.78, 5) is 40.9. The van der Waals surface area contributed by atoms with Gasteiger partial charge in [-0.3, -0.25) is 14.6 Å². The van der Waals surface area contributed by atoms with Crippen LogP contribution in [0, 0.1) is 0 Å². The van der Waals surface area contributed by atoms with Crippen LogP contribution in [0.2, 0.25) is 0 Å². The third kappa shape index (κ3) is 4.41. The second kappa shape index (κ2) is 7.86. The van der Waals surface area contributed by atoms with E-state index >= 15 is 0 Å². The van der Waals surface area contributed by atoms with Crippen LogP contribution in [0.5, 0.6) is 0 Å². The van der Waals surface area contributed by atoms with Gasteiger partial charge in [-0.2, -0.15) is 0 Å². The number of carbonyl (C=O) groups is 3. The molecule has 0 saturated carbocycles. The van der Waals surface area contributed by atoms with E-state index in [0.717, 1.165) is 5.56 Å². The van der Waals surface area contributed by atoms with E-state index in [4.69, 9.17) is 5.11 Å². The number of carboxylic acids is 2. The Balaban J connectivity index is 1.88. The lowest BCUT2D eigenvalue weighted by atomic mass is 10.1. The summed E-state index contributed by atoms with van der Waals surface area (Å²) < 4.78 is 0. The van der Waals surface area contributed by atoms with Gasteiger partial charge < -0.3 is 20.4 Å². The third-order valence-electron chi connectivity index (χ3n) is 4.42. The van der Waals surface area contributed by atoms with E-state index in [-0.39, 0.29) is 24.4 Å². The lowest BCUT2D eigenvalue weighted by Gasteiger charge is -2.24. The van der Waals surface area contributed by atoms with Gasteiger partial charge >= 0.3 is 11.9 Å². The zero-order valence-electron chi connectivity index (χ0n) is 14.5. The van der Waals surface area contributed by atoms with Crippen molar-refractivity contribution in [3.05, 3.63) is 59.4 Å². The van der Waals surface area contributed by atoms with E-state index < -0.39 is 18.0 Å². The van der Waals surface area contributed by atoms with Crippen LogP contribution in [0.4, 0.5) is 5.69 Å². The van der Waals surface area contributed by atoms with Gasteiger partial charge in [-0.15, -0.1) is 0 Å². The first-order valence-electron chi connectivity index (χ1n) is 8.46. The molecule has 1 unspecified atom stereocenters. The molecule has 0 saturated heterocycles. The second-order valence-corrected chi connectivity index (χ2v) is 6.34. The number of benzene rings is 1. The predicted octanol–water partition coefficient (Wildman–Crippen LogP) is 1.62. The molecule has 140 valence electrons. The number of aromatic carboxylic acids is 1. The maximum absolute atomic E-state index is 12.9. The maximum atomic E-state index is 12.9. The molecule has 0 spiro atoms. The molecule has 1 aliphatic rings. The van der Waals surface area contributed by atoms with E-state index in [1.54, 1.807) is 23.4 Å². The topological polar surface area (TPSA) is 120 Å². The van der Waals surface area contributed by atoms with Gasteiger partial charge in [0.1, 0.15) is 6.04 Å². The molecule has 8 nitrogen and oxygen atoms in total. The van der Waals surface area contributed by atoms with Crippen molar-refractivity contribution in [1.29, 1.82) is 0 Å². The fourth-order valence-corrected chi connectivity index (χ4v) is 3.06. The molecule has 27 heavy (non-hydrogen) atoms. The summed E-state index contributed by atoms with van der Waals surface area (Å²) in [5, 5.41) is 21.3. The number of aromatic nitrogens is 1. The number of nitrogens with one attached hydrogen (secondary N) is 1. The van der Waals surface area contributed by atoms with Gasteiger partial charge in [-0.1, -0.05) is 6.07 Å². The van der Waals surface area contributed by atoms with Crippen molar-refractivity contribution >= 4 is 23.5 Å². The van der Waals surface area contributed by atoms with Crippen molar-refractivity contribution in [3.63, 3.8) is 0 Å². The van der Waals surface area contributed by atoms with Crippen molar-refractivity contribution in [2.24, 2.45) is 0 Å². The summed E-state index contributed by atoms with van der Waals surface area (Å²) in [6.45, 7) is 0.581. The molecule has 3 rings (SSSR count). The van der Waals surface area contributed by atoms with Gasteiger partial charge in [0.05, 0.1) is 12.0 Å². The normalized spacial score (nSPS) is 16.2. The summed E-state index contributed by atoms with van der Waals surface area (Å²) >= 11 is 0. The molecular formula is C19H19N3O5. The Morgan fingerprint density at radius 3 is 2.74 bits per heavy atom. The van der Waals surface area contributed by atoms with Crippen LogP contribution in [0.25, 0.3) is 0 Å². The Labute approximate surface area is 155 Å². The Kier molecular flexibility index (Phi) is 5.35. The minimum absolute atomic E-state index is 0.117. The van der Waals surface area contributed by atoms with Gasteiger partial charge in [0.2, 0.25) is 5.91 Å². The summed E-state index contributed by atoms with van der Waals surface area (Å²) in [5.41, 5.74) is 2.29. The van der Waals surface area contributed by atoms with Gasteiger partial charge in [-0.25, -0.2) is 4.79 Å². The van der Waals surface area contributed by atoms with E-state index in [9.17, 15) is 19.5 Å². The highest BCUT2D eigenvalue weighted by Crippen LogP contribution is 2.25. The second-order valence-electron chi connectivity index (χ2n) is 6.34. The molecule has 1 aromatic heterocycles. The number of carboxylic acid groups (broad SMARTS) is 2. The van der Waals surface area contributed by atoms with Crippen LogP contribution in [0.15, 0.2) is 42.7 Å². The van der Waals surface area contributed by atoms with Crippen molar-refractivity contribution in [2.75, 3.05) is 11.9 Å². The van der Waals surface area contributed by atoms with Crippen LogP contribution in [-0.4, -0.2) is 50.5 Å². The molecule has 0 aliphatic carbocycles. The molecule has 2 aromatic rings. The summed E-state index contributed by atoms with van der Waals surface area (Å²) in [5.74, 6) is -2.47. The van der Waals surface area contributed by atoms with E-state index in [2.05, 4.69) is 10.3 Å². The molecule has 0 bridgehead atoms. The zero-order chi connectivity index (χ0) is 19.4. The van der Waals surface area contributed by atoms with Crippen molar-refractivity contribution < 1.29 is 24.6 Å². The van der Waals surface area contributed by atoms with Crippen LogP contribution in [-0.2, 0) is 22.6 Å². The number of aliphatic carboxylic acids is 1. The lowest BCUT2D eigenvalue weighted by Crippen LogP contribution is -2.42. The molecule has 0 radical (unpaired) electrons. The molecule has 1 amide bonds. The first kappa shape index (κ1) is 18.4. The Morgan fingerprint density at radius 1 is 1.26 bits per heavy atom. The van der Waals surface area contributed by atoms with E-state index in [0.29, 0.717) is 24.2 Å². The van der Waals surface area contributed by atoms with Gasteiger partial charge in [0.25, 0.3) is 0 Å². The third-order valence-corrected chi connectivity index (χ3v) is 4.42. The smallest absolute Gasteiger partial charge is 0.335 e. The Bertz CT molecular complexity index is 869. The number of nitrogens with zero attached hydrogens (tertiary/aromatic N) is 2. The summed E-state index contributed by atoms with van der Waals surface area (Å²) in [7, 11) is 0. The SMILES string of the molecule is O=C(O)CC1Nc2ccc(C(=O)O)cc2CN(CCc2cccnc2)C1=O.